The Bertz CT molecular complexity index is 1100. The van der Waals surface area contributed by atoms with Gasteiger partial charge in [-0.05, 0) is 33.8 Å². The quantitative estimate of drug-likeness (QED) is 0.302. The van der Waals surface area contributed by atoms with Crippen LogP contribution in [0.15, 0.2) is 24.3 Å². The number of H-pyrrole nitrogens is 1. The summed E-state index contributed by atoms with van der Waals surface area (Å²) in [5.41, 5.74) is 2.35. The van der Waals surface area contributed by atoms with Crippen molar-refractivity contribution >= 4 is 28.3 Å². The summed E-state index contributed by atoms with van der Waals surface area (Å²) in [5.74, 6) is -1.01. The van der Waals surface area contributed by atoms with Gasteiger partial charge >= 0.3 is 11.7 Å². The van der Waals surface area contributed by atoms with Crippen LogP contribution < -0.4 is 0 Å². The number of carbonyl (C=O) groups is 2. The van der Waals surface area contributed by atoms with Gasteiger partial charge in [-0.1, -0.05) is 18.2 Å². The van der Waals surface area contributed by atoms with Gasteiger partial charge in [0.1, 0.15) is 17.9 Å². The first-order valence-electron chi connectivity index (χ1n) is 8.70. The van der Waals surface area contributed by atoms with Gasteiger partial charge in [-0.3, -0.25) is 24.4 Å². The molecular weight excluding hydrogens is 364 g/mol. The van der Waals surface area contributed by atoms with E-state index in [0.717, 1.165) is 10.9 Å². The third-order valence-corrected chi connectivity index (χ3v) is 4.62. The molecule has 0 aliphatic carbocycles. The highest BCUT2D eigenvalue weighted by Gasteiger charge is 2.26. The van der Waals surface area contributed by atoms with Crippen LogP contribution in [0, 0.1) is 30.9 Å². The third kappa shape index (κ3) is 3.38. The highest BCUT2D eigenvalue weighted by Crippen LogP contribution is 2.24. The molecule has 0 aliphatic rings. The first-order chi connectivity index (χ1) is 13.2. The average molecular weight is 384 g/mol. The van der Waals surface area contributed by atoms with Crippen LogP contribution in [0.25, 0.3) is 10.9 Å². The molecule has 2 aromatic heterocycles. The van der Waals surface area contributed by atoms with Crippen LogP contribution in [0.5, 0.6) is 0 Å². The number of ether oxygens (including phenoxy) is 1. The van der Waals surface area contributed by atoms with Gasteiger partial charge in [-0.15, -0.1) is 0 Å². The zero-order valence-corrected chi connectivity index (χ0v) is 16.0. The van der Waals surface area contributed by atoms with Crippen molar-refractivity contribution in [1.82, 2.24) is 14.8 Å². The van der Waals surface area contributed by atoms with Crippen LogP contribution in [0.3, 0.4) is 0 Å². The van der Waals surface area contributed by atoms with Gasteiger partial charge in [0.05, 0.1) is 4.92 Å². The summed E-state index contributed by atoms with van der Waals surface area (Å²) in [6, 6.07) is 7.39. The molecule has 0 unspecified atom stereocenters. The van der Waals surface area contributed by atoms with Crippen LogP contribution in [0.2, 0.25) is 0 Å². The molecule has 0 fully saturated rings. The van der Waals surface area contributed by atoms with E-state index in [0.29, 0.717) is 11.3 Å². The maximum absolute atomic E-state index is 12.8. The molecule has 0 radical (unpaired) electrons. The second-order valence-electron chi connectivity index (χ2n) is 6.60. The van der Waals surface area contributed by atoms with E-state index in [1.54, 1.807) is 6.92 Å². The van der Waals surface area contributed by atoms with Gasteiger partial charge < -0.3 is 9.72 Å². The molecule has 1 N–H and O–H groups in total. The Kier molecular flexibility index (Phi) is 5.00. The minimum absolute atomic E-state index is 0.133. The normalized spacial score (nSPS) is 12.1. The lowest BCUT2D eigenvalue weighted by Gasteiger charge is -2.13. The number of aromatic nitrogens is 3. The largest absolute Gasteiger partial charge is 0.453 e. The average Bonchev–Trinajstić information content (AvgIpc) is 3.09. The van der Waals surface area contributed by atoms with Crippen molar-refractivity contribution in [2.24, 2.45) is 0 Å². The number of nitrogens with zero attached hydrogens (tertiary/aromatic N) is 3. The Labute approximate surface area is 160 Å². The number of hydrogen-bond donors (Lipinski definition) is 1. The maximum atomic E-state index is 12.8. The number of ketones is 1. The van der Waals surface area contributed by atoms with Gasteiger partial charge in [0.15, 0.2) is 6.10 Å². The van der Waals surface area contributed by atoms with E-state index in [1.807, 2.05) is 24.3 Å². The minimum Gasteiger partial charge on any atom is -0.453 e. The summed E-state index contributed by atoms with van der Waals surface area (Å²) in [7, 11) is 0. The number of carbonyl (C=O) groups excluding carboxylic acids is 2. The lowest BCUT2D eigenvalue weighted by molar-refractivity contribution is -0.386. The zero-order chi connectivity index (χ0) is 20.6. The standard InChI is InChI=1S/C19H20N4O5/c1-10-17(14-7-5-6-8-15(14)20-10)19(25)13(4)28-16(24)9-22-12(3)18(23(26)27)11(2)21-22/h5-8,13,20H,9H2,1-4H3/t13-/m0/s1. The minimum atomic E-state index is -1.00. The van der Waals surface area contributed by atoms with E-state index in [-0.39, 0.29) is 29.4 Å². The van der Waals surface area contributed by atoms with Crippen molar-refractivity contribution in [1.29, 1.82) is 0 Å². The van der Waals surface area contributed by atoms with Gasteiger partial charge in [0, 0.05) is 22.2 Å². The van der Waals surface area contributed by atoms with Crippen molar-refractivity contribution in [2.75, 3.05) is 0 Å². The molecule has 9 heteroatoms. The summed E-state index contributed by atoms with van der Waals surface area (Å²) >= 11 is 0. The van der Waals surface area contributed by atoms with Crippen LogP contribution in [-0.4, -0.2) is 37.5 Å². The summed E-state index contributed by atoms with van der Waals surface area (Å²) in [5, 5.41) is 15.8. The van der Waals surface area contributed by atoms with Crippen molar-refractivity contribution in [3.05, 3.63) is 57.0 Å². The Morgan fingerprint density at radius 1 is 1.29 bits per heavy atom. The number of aromatic amines is 1. The molecule has 3 rings (SSSR count). The van der Waals surface area contributed by atoms with Gasteiger partial charge in [-0.2, -0.15) is 5.10 Å². The lowest BCUT2D eigenvalue weighted by Crippen LogP contribution is -2.27. The number of rotatable bonds is 6. The molecule has 1 atom stereocenters. The number of hydrogen-bond acceptors (Lipinski definition) is 6. The van der Waals surface area contributed by atoms with E-state index in [1.165, 1.54) is 25.5 Å². The Balaban J connectivity index is 1.76. The Morgan fingerprint density at radius 2 is 1.96 bits per heavy atom. The summed E-state index contributed by atoms with van der Waals surface area (Å²) < 4.78 is 6.49. The monoisotopic (exact) mass is 384 g/mol. The molecule has 0 bridgehead atoms. The topological polar surface area (TPSA) is 120 Å². The lowest BCUT2D eigenvalue weighted by atomic mass is 10.0. The number of benzene rings is 1. The van der Waals surface area contributed by atoms with E-state index in [9.17, 15) is 19.7 Å². The van der Waals surface area contributed by atoms with Gasteiger partial charge in [0.2, 0.25) is 5.78 Å². The number of fused-ring (bicyclic) bond motifs is 1. The fourth-order valence-corrected chi connectivity index (χ4v) is 3.31. The van der Waals surface area contributed by atoms with Crippen molar-refractivity contribution in [2.45, 2.75) is 40.3 Å². The van der Waals surface area contributed by atoms with E-state index < -0.39 is 17.0 Å². The third-order valence-electron chi connectivity index (χ3n) is 4.62. The highest BCUT2D eigenvalue weighted by molar-refractivity contribution is 6.11. The number of esters is 1. The Hall–Kier alpha value is -3.49. The predicted octanol–water partition coefficient (Wildman–Crippen LogP) is 3.01. The number of nitrogens with one attached hydrogen (secondary N) is 1. The highest BCUT2D eigenvalue weighted by atomic mass is 16.6. The van der Waals surface area contributed by atoms with Gasteiger partial charge in [-0.25, -0.2) is 0 Å². The zero-order valence-electron chi connectivity index (χ0n) is 16.0. The molecular formula is C19H20N4O5. The molecule has 3 aromatic rings. The predicted molar refractivity (Wildman–Crippen MR) is 101 cm³/mol. The van der Waals surface area contributed by atoms with E-state index in [2.05, 4.69) is 10.1 Å². The number of nitro groups is 1. The molecule has 28 heavy (non-hydrogen) atoms. The molecule has 0 amide bonds. The summed E-state index contributed by atoms with van der Waals surface area (Å²) in [6.07, 6.45) is -1.00. The van der Waals surface area contributed by atoms with Crippen LogP contribution in [0.1, 0.15) is 34.4 Å². The van der Waals surface area contributed by atoms with Crippen molar-refractivity contribution in [3.8, 4) is 0 Å². The molecule has 0 aliphatic heterocycles. The fourth-order valence-electron chi connectivity index (χ4n) is 3.31. The molecule has 0 spiro atoms. The second kappa shape index (κ2) is 7.26. The number of Topliss-reactive ketones (excluding diaryl/α,β-unsaturated/α-hetero) is 1. The number of para-hydroxylation sites is 1. The second-order valence-corrected chi connectivity index (χ2v) is 6.60. The molecule has 2 heterocycles. The maximum Gasteiger partial charge on any atom is 0.328 e. The molecule has 9 nitrogen and oxygen atoms in total. The van der Waals surface area contributed by atoms with Gasteiger partial charge in [0.25, 0.3) is 0 Å². The van der Waals surface area contributed by atoms with E-state index in [4.69, 9.17) is 4.74 Å². The van der Waals surface area contributed by atoms with Crippen LogP contribution >= 0.6 is 0 Å². The van der Waals surface area contributed by atoms with Crippen LogP contribution in [0.4, 0.5) is 5.69 Å². The number of aryl methyl sites for hydroxylation is 2. The molecule has 1 aromatic carbocycles. The smallest absolute Gasteiger partial charge is 0.328 e. The first kappa shape index (κ1) is 19.3. The molecule has 0 saturated carbocycles. The Morgan fingerprint density at radius 3 is 2.61 bits per heavy atom. The summed E-state index contributed by atoms with van der Waals surface area (Å²) in [6.45, 7) is 5.99. The fraction of sp³-hybridized carbons (Fsp3) is 0.316. The molecule has 146 valence electrons. The van der Waals surface area contributed by atoms with Crippen LogP contribution in [-0.2, 0) is 16.1 Å². The summed E-state index contributed by atoms with van der Waals surface area (Å²) in [4.78, 5) is 38.8. The molecule has 0 saturated heterocycles. The first-order valence-corrected chi connectivity index (χ1v) is 8.70. The van der Waals surface area contributed by atoms with Crippen molar-refractivity contribution in [3.63, 3.8) is 0 Å². The SMILES string of the molecule is Cc1nn(CC(=O)O[C@@H](C)C(=O)c2c(C)[nH]c3ccccc23)c(C)c1[N+](=O)[O-]. The van der Waals surface area contributed by atoms with Crippen molar-refractivity contribution < 1.29 is 19.2 Å². The van der Waals surface area contributed by atoms with E-state index >= 15 is 0 Å².